The Kier molecular flexibility index (Phi) is 3.32. The normalized spacial score (nSPS) is 16.6. The third-order valence-corrected chi connectivity index (χ3v) is 4.10. The summed E-state index contributed by atoms with van der Waals surface area (Å²) in [6, 6.07) is 7.80. The van der Waals surface area contributed by atoms with Crippen molar-refractivity contribution in [1.29, 1.82) is 0 Å². The Morgan fingerprint density at radius 1 is 1.40 bits per heavy atom. The Labute approximate surface area is 117 Å². The third-order valence-electron chi connectivity index (χ3n) is 4.10. The van der Waals surface area contributed by atoms with Gasteiger partial charge in [0.25, 0.3) is 0 Å². The molecule has 1 atom stereocenters. The lowest BCUT2D eigenvalue weighted by Gasteiger charge is -2.33. The fourth-order valence-corrected chi connectivity index (χ4v) is 2.89. The smallest absolute Gasteiger partial charge is 0.335 e. The number of fused-ring (bicyclic) bond motifs is 1. The van der Waals surface area contributed by atoms with E-state index in [-0.39, 0.29) is 6.04 Å². The number of carboxylic acids is 1. The molecule has 0 saturated carbocycles. The molecule has 2 aromatic rings. The first-order chi connectivity index (χ1) is 9.66. The summed E-state index contributed by atoms with van der Waals surface area (Å²) in [5.41, 5.74) is 3.70. The lowest BCUT2D eigenvalue weighted by atomic mass is 9.93. The second-order valence-electron chi connectivity index (χ2n) is 5.20. The SMILES string of the molecule is CC(c1ccoc1)N1CCc2c(cccc2C(=O)O)C1. The summed E-state index contributed by atoms with van der Waals surface area (Å²) in [6.45, 7) is 3.79. The van der Waals surface area contributed by atoms with E-state index in [1.165, 1.54) is 0 Å². The maximum atomic E-state index is 11.2. The molecule has 0 radical (unpaired) electrons. The van der Waals surface area contributed by atoms with Crippen molar-refractivity contribution in [3.8, 4) is 0 Å². The van der Waals surface area contributed by atoms with Crippen molar-refractivity contribution in [2.24, 2.45) is 0 Å². The molecule has 0 amide bonds. The highest BCUT2D eigenvalue weighted by atomic mass is 16.4. The molecule has 1 aromatic heterocycles. The average Bonchev–Trinajstić information content (AvgIpc) is 2.99. The third kappa shape index (κ3) is 2.23. The fourth-order valence-electron chi connectivity index (χ4n) is 2.89. The van der Waals surface area contributed by atoms with Crippen LogP contribution in [0.15, 0.2) is 41.2 Å². The van der Waals surface area contributed by atoms with Crippen LogP contribution in [0.1, 0.15) is 40.0 Å². The number of hydrogen-bond donors (Lipinski definition) is 1. The van der Waals surface area contributed by atoms with Crippen molar-refractivity contribution in [2.75, 3.05) is 6.54 Å². The van der Waals surface area contributed by atoms with Crippen LogP contribution < -0.4 is 0 Å². The number of carbonyl (C=O) groups is 1. The molecule has 3 rings (SSSR count). The van der Waals surface area contributed by atoms with E-state index in [9.17, 15) is 9.90 Å². The lowest BCUT2D eigenvalue weighted by Crippen LogP contribution is -2.33. The van der Waals surface area contributed by atoms with Gasteiger partial charge in [-0.15, -0.1) is 0 Å². The molecule has 1 N–H and O–H groups in total. The van der Waals surface area contributed by atoms with Crippen LogP contribution in [0.4, 0.5) is 0 Å². The minimum absolute atomic E-state index is 0.274. The molecule has 2 heterocycles. The first-order valence-corrected chi connectivity index (χ1v) is 6.77. The van der Waals surface area contributed by atoms with Gasteiger partial charge in [-0.1, -0.05) is 12.1 Å². The van der Waals surface area contributed by atoms with Gasteiger partial charge in [0.2, 0.25) is 0 Å². The molecule has 0 fully saturated rings. The van der Waals surface area contributed by atoms with Crippen molar-refractivity contribution >= 4 is 5.97 Å². The summed E-state index contributed by atoms with van der Waals surface area (Å²) >= 11 is 0. The highest BCUT2D eigenvalue weighted by molar-refractivity contribution is 5.89. The van der Waals surface area contributed by atoms with Crippen LogP contribution in [0.3, 0.4) is 0 Å². The quantitative estimate of drug-likeness (QED) is 0.932. The van der Waals surface area contributed by atoms with Crippen LogP contribution >= 0.6 is 0 Å². The molecular formula is C16H17NO3. The standard InChI is InChI=1S/C16H17NO3/c1-11(13-6-8-20-10-13)17-7-5-14-12(9-17)3-2-4-15(14)16(18)19/h2-4,6,8,10-11H,5,7,9H2,1H3,(H,18,19). The number of furan rings is 1. The van der Waals surface area contributed by atoms with Crippen LogP contribution in [-0.4, -0.2) is 22.5 Å². The molecule has 1 aromatic carbocycles. The molecular weight excluding hydrogens is 254 g/mol. The van der Waals surface area contributed by atoms with Crippen molar-refractivity contribution in [2.45, 2.75) is 25.9 Å². The van der Waals surface area contributed by atoms with Gasteiger partial charge in [0.05, 0.1) is 18.1 Å². The summed E-state index contributed by atoms with van der Waals surface area (Å²) in [6.07, 6.45) is 4.24. The lowest BCUT2D eigenvalue weighted by molar-refractivity contribution is 0.0694. The number of hydrogen-bond acceptors (Lipinski definition) is 3. The monoisotopic (exact) mass is 271 g/mol. The maximum Gasteiger partial charge on any atom is 0.335 e. The molecule has 1 aliphatic rings. The van der Waals surface area contributed by atoms with E-state index in [1.54, 1.807) is 18.6 Å². The van der Waals surface area contributed by atoms with Gasteiger partial charge in [0.1, 0.15) is 0 Å². The first kappa shape index (κ1) is 12.9. The number of rotatable bonds is 3. The Balaban J connectivity index is 1.86. The minimum atomic E-state index is -0.835. The highest BCUT2D eigenvalue weighted by Crippen LogP contribution is 2.29. The molecule has 0 aliphatic carbocycles. The van der Waals surface area contributed by atoms with E-state index in [4.69, 9.17) is 4.42 Å². The van der Waals surface area contributed by atoms with Gasteiger partial charge < -0.3 is 9.52 Å². The zero-order valence-corrected chi connectivity index (χ0v) is 11.4. The van der Waals surface area contributed by atoms with Crippen molar-refractivity contribution in [1.82, 2.24) is 4.90 Å². The van der Waals surface area contributed by atoms with Crippen molar-refractivity contribution < 1.29 is 14.3 Å². The largest absolute Gasteiger partial charge is 0.478 e. The van der Waals surface area contributed by atoms with E-state index in [0.717, 1.165) is 36.2 Å². The summed E-state index contributed by atoms with van der Waals surface area (Å²) in [7, 11) is 0. The molecule has 4 nitrogen and oxygen atoms in total. The van der Waals surface area contributed by atoms with Gasteiger partial charge in [-0.05, 0) is 36.6 Å². The molecule has 0 bridgehead atoms. The van der Waals surface area contributed by atoms with Gasteiger partial charge in [-0.25, -0.2) is 4.79 Å². The second kappa shape index (κ2) is 5.13. The molecule has 0 spiro atoms. The molecule has 0 saturated heterocycles. The zero-order chi connectivity index (χ0) is 14.1. The minimum Gasteiger partial charge on any atom is -0.478 e. The Bertz CT molecular complexity index is 619. The van der Waals surface area contributed by atoms with Crippen molar-refractivity contribution in [3.05, 3.63) is 59.0 Å². The van der Waals surface area contributed by atoms with Gasteiger partial charge >= 0.3 is 5.97 Å². The molecule has 104 valence electrons. The van der Waals surface area contributed by atoms with Gasteiger partial charge in [-0.3, -0.25) is 4.90 Å². The highest BCUT2D eigenvalue weighted by Gasteiger charge is 2.25. The molecule has 1 aliphatic heterocycles. The molecule has 20 heavy (non-hydrogen) atoms. The van der Waals surface area contributed by atoms with Gasteiger partial charge in [0, 0.05) is 24.7 Å². The first-order valence-electron chi connectivity index (χ1n) is 6.77. The van der Waals surface area contributed by atoms with E-state index >= 15 is 0 Å². The molecule has 4 heteroatoms. The summed E-state index contributed by atoms with van der Waals surface area (Å²) in [4.78, 5) is 13.6. The van der Waals surface area contributed by atoms with Gasteiger partial charge in [-0.2, -0.15) is 0 Å². The van der Waals surface area contributed by atoms with Crippen molar-refractivity contribution in [3.63, 3.8) is 0 Å². The Morgan fingerprint density at radius 3 is 2.95 bits per heavy atom. The number of nitrogens with zero attached hydrogens (tertiary/aromatic N) is 1. The van der Waals surface area contributed by atoms with E-state index in [2.05, 4.69) is 11.8 Å². The fraction of sp³-hybridized carbons (Fsp3) is 0.312. The van der Waals surface area contributed by atoms with E-state index in [0.29, 0.717) is 5.56 Å². The summed E-state index contributed by atoms with van der Waals surface area (Å²) in [5.74, 6) is -0.835. The summed E-state index contributed by atoms with van der Waals surface area (Å²) < 4.78 is 5.14. The van der Waals surface area contributed by atoms with Gasteiger partial charge in [0.15, 0.2) is 0 Å². The number of carboxylic acid groups (broad SMARTS) is 1. The zero-order valence-electron chi connectivity index (χ0n) is 11.4. The Hall–Kier alpha value is -2.07. The van der Waals surface area contributed by atoms with Crippen LogP contribution in [-0.2, 0) is 13.0 Å². The topological polar surface area (TPSA) is 53.7 Å². The predicted molar refractivity (Wildman–Crippen MR) is 74.6 cm³/mol. The number of aromatic carboxylic acids is 1. The average molecular weight is 271 g/mol. The second-order valence-corrected chi connectivity index (χ2v) is 5.20. The van der Waals surface area contributed by atoms with E-state index in [1.807, 2.05) is 18.2 Å². The number of benzene rings is 1. The van der Waals surface area contributed by atoms with E-state index < -0.39 is 5.97 Å². The molecule has 1 unspecified atom stereocenters. The van der Waals surface area contributed by atoms with Crippen LogP contribution in [0.25, 0.3) is 0 Å². The van der Waals surface area contributed by atoms with Crippen LogP contribution in [0, 0.1) is 0 Å². The maximum absolute atomic E-state index is 11.2. The predicted octanol–water partition coefficient (Wildman–Crippen LogP) is 3.10. The van der Waals surface area contributed by atoms with Crippen LogP contribution in [0.2, 0.25) is 0 Å². The summed E-state index contributed by atoms with van der Waals surface area (Å²) in [5, 5.41) is 9.24. The Morgan fingerprint density at radius 2 is 2.25 bits per heavy atom. The van der Waals surface area contributed by atoms with Crippen LogP contribution in [0.5, 0.6) is 0 Å².